The quantitative estimate of drug-likeness (QED) is 0.411. The van der Waals surface area contributed by atoms with Crippen LogP contribution in [0.15, 0.2) is 30.7 Å². The number of pyridine rings is 1. The summed E-state index contributed by atoms with van der Waals surface area (Å²) in [6.07, 6.45) is 6.49. The predicted octanol–water partition coefficient (Wildman–Crippen LogP) is 2.29. The largest absolute Gasteiger partial charge is 0.442 e. The molecule has 11 heteroatoms. The van der Waals surface area contributed by atoms with Gasteiger partial charge in [0, 0.05) is 18.6 Å². The van der Waals surface area contributed by atoms with Crippen LogP contribution in [0.4, 0.5) is 5.69 Å². The number of ether oxygens (including phenoxy) is 2. The second-order valence-electron chi connectivity index (χ2n) is 5.65. The second kappa shape index (κ2) is 11.4. The maximum absolute atomic E-state index is 12.9. The molecule has 0 saturated carbocycles. The third kappa shape index (κ3) is 6.19. The van der Waals surface area contributed by atoms with E-state index < -0.39 is 24.5 Å². The van der Waals surface area contributed by atoms with Crippen LogP contribution in [-0.2, 0) is 19.1 Å². The maximum atomic E-state index is 12.9. The van der Waals surface area contributed by atoms with Gasteiger partial charge in [-0.05, 0) is 25.3 Å². The minimum absolute atomic E-state index is 0.0175. The minimum Gasteiger partial charge on any atom is -0.442 e. The van der Waals surface area contributed by atoms with E-state index in [0.29, 0.717) is 12.3 Å². The Balaban J connectivity index is 2.31. The van der Waals surface area contributed by atoms with Crippen molar-refractivity contribution in [2.75, 3.05) is 36.9 Å². The first kappa shape index (κ1) is 22.7. The Morgan fingerprint density at radius 1 is 1.48 bits per heavy atom. The van der Waals surface area contributed by atoms with Gasteiger partial charge >= 0.3 is 5.97 Å². The van der Waals surface area contributed by atoms with Gasteiger partial charge in [-0.3, -0.25) is 14.7 Å². The average molecular weight is 438 g/mol. The molecule has 29 heavy (non-hydrogen) atoms. The number of amides is 1. The summed E-state index contributed by atoms with van der Waals surface area (Å²) in [6.45, 7) is 1.44. The Labute approximate surface area is 177 Å². The van der Waals surface area contributed by atoms with E-state index in [2.05, 4.69) is 10.1 Å². The number of carbonyl (C=O) groups excluding carboxylic acids is 2. The molecule has 0 aromatic carbocycles. The predicted molar refractivity (Wildman–Crippen MR) is 109 cm³/mol. The van der Waals surface area contributed by atoms with E-state index in [-0.39, 0.29) is 23.2 Å². The third-order valence-electron chi connectivity index (χ3n) is 3.68. The molecule has 0 N–H and O–H groups in total. The number of hydrogen-bond donors (Lipinski definition) is 0. The van der Waals surface area contributed by atoms with Crippen LogP contribution in [0.5, 0.6) is 0 Å². The highest BCUT2D eigenvalue weighted by Gasteiger charge is 2.29. The first-order valence-electron chi connectivity index (χ1n) is 8.60. The summed E-state index contributed by atoms with van der Waals surface area (Å²) in [4.78, 5) is 29.9. The molecular formula is C18H20ClN5O4S. The number of carbonyl (C=O) groups is 2. The number of halogens is 1. The van der Waals surface area contributed by atoms with E-state index in [0.717, 1.165) is 4.90 Å². The molecule has 0 saturated heterocycles. The van der Waals surface area contributed by atoms with Gasteiger partial charge in [-0.1, -0.05) is 11.6 Å². The molecule has 0 aliphatic carbocycles. The van der Waals surface area contributed by atoms with Gasteiger partial charge in [0.15, 0.2) is 11.9 Å². The van der Waals surface area contributed by atoms with Crippen molar-refractivity contribution in [3.8, 4) is 11.8 Å². The monoisotopic (exact) mass is 437 g/mol. The highest BCUT2D eigenvalue weighted by molar-refractivity contribution is 7.98. The van der Waals surface area contributed by atoms with E-state index in [1.807, 2.05) is 6.07 Å². The van der Waals surface area contributed by atoms with Crippen LogP contribution >= 0.6 is 23.4 Å². The molecule has 0 aliphatic rings. The Kier molecular flexibility index (Phi) is 8.92. The lowest BCUT2D eigenvalue weighted by Gasteiger charge is -2.23. The highest BCUT2D eigenvalue weighted by Crippen LogP contribution is 2.27. The minimum atomic E-state index is -0.937. The lowest BCUT2D eigenvalue weighted by molar-refractivity contribution is -0.149. The molecule has 154 valence electrons. The molecule has 0 spiro atoms. The van der Waals surface area contributed by atoms with Crippen molar-refractivity contribution in [3.05, 3.63) is 35.9 Å². The molecule has 2 aromatic heterocycles. The summed E-state index contributed by atoms with van der Waals surface area (Å²) in [5, 5.41) is 13.6. The van der Waals surface area contributed by atoms with Gasteiger partial charge in [0.1, 0.15) is 18.2 Å². The normalized spacial score (nSPS) is 11.5. The van der Waals surface area contributed by atoms with Gasteiger partial charge in [-0.2, -0.15) is 22.1 Å². The fourth-order valence-corrected chi connectivity index (χ4v) is 3.06. The smallest absolute Gasteiger partial charge is 0.333 e. The van der Waals surface area contributed by atoms with Crippen molar-refractivity contribution in [1.29, 1.82) is 5.26 Å². The summed E-state index contributed by atoms with van der Waals surface area (Å²) in [5.41, 5.74) is 0.841. The van der Waals surface area contributed by atoms with Crippen LogP contribution in [0.3, 0.4) is 0 Å². The Morgan fingerprint density at radius 2 is 2.28 bits per heavy atom. The topological polar surface area (TPSA) is 110 Å². The molecule has 1 unspecified atom stereocenters. The molecule has 1 amide bonds. The van der Waals surface area contributed by atoms with Crippen LogP contribution in [0.25, 0.3) is 5.69 Å². The van der Waals surface area contributed by atoms with E-state index in [1.165, 1.54) is 22.6 Å². The van der Waals surface area contributed by atoms with Crippen LogP contribution in [-0.4, -0.2) is 58.6 Å². The van der Waals surface area contributed by atoms with Crippen molar-refractivity contribution in [2.24, 2.45) is 5.92 Å². The molecule has 1 atom stereocenters. The SMILES string of the molecule is CCOCC(=O)OCN(C(=O)C(C#N)CSC)c1cn(-c2cccnc2)nc1Cl. The molecule has 2 heterocycles. The van der Waals surface area contributed by atoms with E-state index >= 15 is 0 Å². The summed E-state index contributed by atoms with van der Waals surface area (Å²) < 4.78 is 11.6. The molecule has 2 aromatic rings. The third-order valence-corrected chi connectivity index (χ3v) is 4.62. The molecule has 9 nitrogen and oxygen atoms in total. The molecule has 0 bridgehead atoms. The summed E-state index contributed by atoms with van der Waals surface area (Å²) >= 11 is 7.62. The van der Waals surface area contributed by atoms with Crippen molar-refractivity contribution in [2.45, 2.75) is 6.92 Å². The molecular weight excluding hydrogens is 418 g/mol. The van der Waals surface area contributed by atoms with Gasteiger partial charge < -0.3 is 9.47 Å². The highest BCUT2D eigenvalue weighted by atomic mass is 35.5. The lowest BCUT2D eigenvalue weighted by atomic mass is 10.2. The van der Waals surface area contributed by atoms with Crippen LogP contribution in [0, 0.1) is 17.2 Å². The summed E-state index contributed by atoms with van der Waals surface area (Å²) in [7, 11) is 0. The molecule has 0 fully saturated rings. The number of rotatable bonds is 10. The Bertz CT molecular complexity index is 871. The van der Waals surface area contributed by atoms with Gasteiger partial charge in [0.25, 0.3) is 0 Å². The first-order valence-corrected chi connectivity index (χ1v) is 10.4. The summed E-state index contributed by atoms with van der Waals surface area (Å²) in [6, 6.07) is 5.47. The van der Waals surface area contributed by atoms with E-state index in [9.17, 15) is 14.9 Å². The van der Waals surface area contributed by atoms with Crippen molar-refractivity contribution in [3.63, 3.8) is 0 Å². The molecule has 2 rings (SSSR count). The van der Waals surface area contributed by atoms with E-state index in [1.54, 1.807) is 37.7 Å². The average Bonchev–Trinajstić information content (AvgIpc) is 3.12. The van der Waals surface area contributed by atoms with Gasteiger partial charge in [0.2, 0.25) is 5.91 Å². The number of anilines is 1. The zero-order valence-electron chi connectivity index (χ0n) is 15.9. The first-order chi connectivity index (χ1) is 14.0. The number of thioether (sulfide) groups is 1. The van der Waals surface area contributed by atoms with Crippen LogP contribution < -0.4 is 4.90 Å². The maximum Gasteiger partial charge on any atom is 0.333 e. The number of nitrogens with zero attached hydrogens (tertiary/aromatic N) is 5. The van der Waals surface area contributed by atoms with Gasteiger partial charge in [-0.25, -0.2) is 9.48 Å². The fourth-order valence-electron chi connectivity index (χ4n) is 2.28. The standard InChI is InChI=1S/C18H20ClN5O4S/c1-3-27-10-16(25)28-12-23(18(26)13(7-20)11-29-2)15-9-24(22-17(15)19)14-5-4-6-21-8-14/h4-6,8-9,13H,3,10-12H2,1-2H3. The van der Waals surface area contributed by atoms with Crippen molar-refractivity contribution < 1.29 is 19.1 Å². The van der Waals surface area contributed by atoms with Crippen molar-refractivity contribution >= 4 is 40.9 Å². The number of hydrogen-bond acceptors (Lipinski definition) is 8. The van der Waals surface area contributed by atoms with E-state index in [4.69, 9.17) is 21.1 Å². The lowest BCUT2D eigenvalue weighted by Crippen LogP contribution is -2.39. The van der Waals surface area contributed by atoms with Crippen LogP contribution in [0.2, 0.25) is 5.15 Å². The Hall–Kier alpha value is -2.61. The fraction of sp³-hybridized carbons (Fsp3) is 0.389. The number of aromatic nitrogens is 3. The summed E-state index contributed by atoms with van der Waals surface area (Å²) in [5.74, 6) is -1.83. The van der Waals surface area contributed by atoms with Gasteiger partial charge in [0.05, 0.1) is 24.2 Å². The van der Waals surface area contributed by atoms with Gasteiger partial charge in [-0.15, -0.1) is 0 Å². The second-order valence-corrected chi connectivity index (χ2v) is 6.92. The molecule has 0 aliphatic heterocycles. The Morgan fingerprint density at radius 3 is 2.90 bits per heavy atom. The zero-order valence-corrected chi connectivity index (χ0v) is 17.5. The zero-order chi connectivity index (χ0) is 21.2. The number of esters is 1. The van der Waals surface area contributed by atoms with Crippen LogP contribution in [0.1, 0.15) is 6.92 Å². The number of nitriles is 1. The van der Waals surface area contributed by atoms with Crippen molar-refractivity contribution in [1.82, 2.24) is 14.8 Å². The molecule has 0 radical (unpaired) electrons.